The number of rotatable bonds is 7. The molecule has 0 heterocycles. The van der Waals surface area contributed by atoms with E-state index in [1.807, 2.05) is 0 Å². The molecular formula is C19H20F3N3O3. The van der Waals surface area contributed by atoms with Gasteiger partial charge in [-0.15, -0.1) is 13.2 Å². The first-order chi connectivity index (χ1) is 13.2. The molecule has 9 heteroatoms. The molecule has 2 rings (SSSR count). The van der Waals surface area contributed by atoms with E-state index < -0.39 is 6.36 Å². The zero-order valence-electron chi connectivity index (χ0n) is 15.3. The topological polar surface area (TPSA) is 70.7 Å². The Bertz CT molecular complexity index is 806. The van der Waals surface area contributed by atoms with Crippen LogP contribution < -0.4 is 15.4 Å². The van der Waals surface area contributed by atoms with Gasteiger partial charge in [0, 0.05) is 24.8 Å². The van der Waals surface area contributed by atoms with Crippen LogP contribution in [-0.2, 0) is 11.3 Å². The molecule has 150 valence electrons. The van der Waals surface area contributed by atoms with Crippen molar-refractivity contribution in [3.8, 4) is 5.75 Å². The van der Waals surface area contributed by atoms with Crippen molar-refractivity contribution in [2.24, 2.45) is 0 Å². The molecule has 2 aromatic carbocycles. The molecule has 0 radical (unpaired) electrons. The summed E-state index contributed by atoms with van der Waals surface area (Å²) in [6.45, 7) is 0.567. The number of hydrogen-bond acceptors (Lipinski definition) is 4. The highest BCUT2D eigenvalue weighted by atomic mass is 19.4. The van der Waals surface area contributed by atoms with Gasteiger partial charge in [0.25, 0.3) is 5.91 Å². The number of benzene rings is 2. The molecule has 0 aliphatic carbocycles. The number of halogens is 3. The van der Waals surface area contributed by atoms with Crippen LogP contribution in [0.1, 0.15) is 15.9 Å². The number of anilines is 1. The molecule has 0 aromatic heterocycles. The molecule has 0 atom stereocenters. The lowest BCUT2D eigenvalue weighted by Gasteiger charge is -2.17. The van der Waals surface area contributed by atoms with Gasteiger partial charge in [0.05, 0.1) is 6.54 Å². The maximum atomic E-state index is 12.1. The second-order valence-electron chi connectivity index (χ2n) is 6.07. The third-order valence-electron chi connectivity index (χ3n) is 3.68. The lowest BCUT2D eigenvalue weighted by molar-refractivity contribution is -0.274. The van der Waals surface area contributed by atoms with Gasteiger partial charge in [-0.05, 0) is 49.0 Å². The average molecular weight is 395 g/mol. The van der Waals surface area contributed by atoms with Crippen molar-refractivity contribution in [3.63, 3.8) is 0 Å². The van der Waals surface area contributed by atoms with Crippen molar-refractivity contribution in [2.75, 3.05) is 26.0 Å². The summed E-state index contributed by atoms with van der Waals surface area (Å²) in [5.41, 5.74) is 1.84. The van der Waals surface area contributed by atoms with Crippen molar-refractivity contribution in [1.82, 2.24) is 10.2 Å². The Morgan fingerprint density at radius 1 is 1.04 bits per heavy atom. The van der Waals surface area contributed by atoms with Gasteiger partial charge in [-0.1, -0.05) is 12.1 Å². The summed E-state index contributed by atoms with van der Waals surface area (Å²) in [6, 6.07) is 11.9. The maximum Gasteiger partial charge on any atom is 0.573 e. The van der Waals surface area contributed by atoms with Crippen LogP contribution in [0.15, 0.2) is 48.5 Å². The molecule has 0 aliphatic rings. The minimum Gasteiger partial charge on any atom is -0.406 e. The summed E-state index contributed by atoms with van der Waals surface area (Å²) in [4.78, 5) is 25.4. The summed E-state index contributed by atoms with van der Waals surface area (Å²) in [5, 5.41) is 5.15. The third kappa shape index (κ3) is 6.92. The Labute approximate surface area is 160 Å². The summed E-state index contributed by atoms with van der Waals surface area (Å²) in [7, 11) is 3.31. The van der Waals surface area contributed by atoms with Crippen LogP contribution in [0.4, 0.5) is 18.9 Å². The van der Waals surface area contributed by atoms with Crippen LogP contribution in [0.2, 0.25) is 0 Å². The van der Waals surface area contributed by atoms with Crippen molar-refractivity contribution in [3.05, 3.63) is 59.7 Å². The Kier molecular flexibility index (Phi) is 7.00. The Morgan fingerprint density at radius 2 is 1.64 bits per heavy atom. The lowest BCUT2D eigenvalue weighted by Crippen LogP contribution is -2.29. The van der Waals surface area contributed by atoms with Crippen LogP contribution in [0, 0.1) is 0 Å². The summed E-state index contributed by atoms with van der Waals surface area (Å²) < 4.78 is 40.2. The van der Waals surface area contributed by atoms with Gasteiger partial charge < -0.3 is 15.4 Å². The number of alkyl halides is 3. The molecule has 0 saturated heterocycles. The Morgan fingerprint density at radius 3 is 2.18 bits per heavy atom. The van der Waals surface area contributed by atoms with E-state index in [1.54, 1.807) is 43.3 Å². The van der Waals surface area contributed by atoms with Gasteiger partial charge >= 0.3 is 6.36 Å². The summed E-state index contributed by atoms with van der Waals surface area (Å²) >= 11 is 0. The molecule has 0 unspecified atom stereocenters. The van der Waals surface area contributed by atoms with Gasteiger partial charge in [-0.25, -0.2) is 0 Å². The summed E-state index contributed by atoms with van der Waals surface area (Å²) in [5.74, 6) is -0.845. The largest absolute Gasteiger partial charge is 0.573 e. The normalized spacial score (nSPS) is 11.2. The fraction of sp³-hybridized carbons (Fsp3) is 0.263. The smallest absolute Gasteiger partial charge is 0.406 e. The highest BCUT2D eigenvalue weighted by Crippen LogP contribution is 2.23. The quantitative estimate of drug-likeness (QED) is 0.756. The van der Waals surface area contributed by atoms with Crippen molar-refractivity contribution < 1.29 is 27.5 Å². The third-order valence-corrected chi connectivity index (χ3v) is 3.68. The monoisotopic (exact) mass is 395 g/mol. The number of carbonyl (C=O) groups is 2. The number of nitrogens with one attached hydrogen (secondary N) is 2. The standard InChI is InChI=1S/C19H20F3N3O3/c1-23-18(27)14-5-3-13(4-6-14)11-25(2)12-17(26)24-15-7-9-16(10-8-15)28-19(20,21)22/h3-10H,11-12H2,1-2H3,(H,23,27)(H,24,26). The number of hydrogen-bond donors (Lipinski definition) is 2. The van der Waals surface area contributed by atoms with Crippen molar-refractivity contribution in [2.45, 2.75) is 12.9 Å². The Balaban J connectivity index is 1.84. The molecule has 0 saturated carbocycles. The van der Waals surface area contributed by atoms with Crippen LogP contribution in [0.25, 0.3) is 0 Å². The Hall–Kier alpha value is -3.07. The molecule has 0 spiro atoms. The van der Waals surface area contributed by atoms with Crippen LogP contribution >= 0.6 is 0 Å². The first-order valence-corrected chi connectivity index (χ1v) is 8.31. The first-order valence-electron chi connectivity index (χ1n) is 8.31. The fourth-order valence-electron chi connectivity index (χ4n) is 2.46. The highest BCUT2D eigenvalue weighted by molar-refractivity contribution is 5.94. The van der Waals surface area contributed by atoms with Crippen molar-refractivity contribution in [1.29, 1.82) is 0 Å². The van der Waals surface area contributed by atoms with Gasteiger partial charge in [0.1, 0.15) is 5.75 Å². The molecular weight excluding hydrogens is 375 g/mol. The number of nitrogens with zero attached hydrogens (tertiary/aromatic N) is 1. The van der Waals surface area contributed by atoms with E-state index in [4.69, 9.17) is 0 Å². The maximum absolute atomic E-state index is 12.1. The fourth-order valence-corrected chi connectivity index (χ4v) is 2.46. The van der Waals surface area contributed by atoms with Crippen LogP contribution in [0.5, 0.6) is 5.75 Å². The molecule has 0 fully saturated rings. The van der Waals surface area contributed by atoms with Crippen LogP contribution in [-0.4, -0.2) is 43.7 Å². The van der Waals surface area contributed by atoms with E-state index >= 15 is 0 Å². The number of carbonyl (C=O) groups excluding carboxylic acids is 2. The van der Waals surface area contributed by atoms with Crippen molar-refractivity contribution >= 4 is 17.5 Å². The number of amides is 2. The van der Waals surface area contributed by atoms with E-state index in [2.05, 4.69) is 15.4 Å². The lowest BCUT2D eigenvalue weighted by atomic mass is 10.1. The van der Waals surface area contributed by atoms with Gasteiger partial charge in [-0.3, -0.25) is 14.5 Å². The van der Waals surface area contributed by atoms with Crippen LogP contribution in [0.3, 0.4) is 0 Å². The molecule has 2 N–H and O–H groups in total. The number of likely N-dealkylation sites (N-methyl/N-ethyl adjacent to an activating group) is 1. The van der Waals surface area contributed by atoms with E-state index in [0.717, 1.165) is 17.7 Å². The predicted molar refractivity (Wildman–Crippen MR) is 97.9 cm³/mol. The second kappa shape index (κ2) is 9.23. The molecule has 6 nitrogen and oxygen atoms in total. The van der Waals surface area contributed by atoms with E-state index in [1.165, 1.54) is 12.1 Å². The highest BCUT2D eigenvalue weighted by Gasteiger charge is 2.30. The zero-order valence-corrected chi connectivity index (χ0v) is 15.3. The molecule has 2 aromatic rings. The predicted octanol–water partition coefficient (Wildman–Crippen LogP) is 3.02. The van der Waals surface area contributed by atoms with E-state index in [-0.39, 0.29) is 24.1 Å². The number of ether oxygens (including phenoxy) is 1. The first kappa shape index (κ1) is 21.2. The zero-order chi connectivity index (χ0) is 20.7. The second-order valence-corrected chi connectivity index (χ2v) is 6.07. The average Bonchev–Trinajstić information content (AvgIpc) is 2.62. The molecule has 2 amide bonds. The SMILES string of the molecule is CNC(=O)c1ccc(CN(C)CC(=O)Nc2ccc(OC(F)(F)F)cc2)cc1. The van der Waals surface area contributed by atoms with E-state index in [9.17, 15) is 22.8 Å². The summed E-state index contributed by atoms with van der Waals surface area (Å²) in [6.07, 6.45) is -4.76. The van der Waals surface area contributed by atoms with Gasteiger partial charge in [0.15, 0.2) is 0 Å². The van der Waals surface area contributed by atoms with Gasteiger partial charge in [0.2, 0.25) is 5.91 Å². The molecule has 0 bridgehead atoms. The molecule has 0 aliphatic heterocycles. The van der Waals surface area contributed by atoms with Gasteiger partial charge in [-0.2, -0.15) is 0 Å². The molecule has 28 heavy (non-hydrogen) atoms. The minimum atomic E-state index is -4.76. The van der Waals surface area contributed by atoms with E-state index in [0.29, 0.717) is 17.8 Å². The minimum absolute atomic E-state index is 0.0813.